The van der Waals surface area contributed by atoms with Crippen LogP contribution >= 0.6 is 23.2 Å². The number of nitrogens with one attached hydrogen (secondary N) is 1. The zero-order chi connectivity index (χ0) is 12.3. The van der Waals surface area contributed by atoms with Crippen molar-refractivity contribution in [3.63, 3.8) is 0 Å². The van der Waals surface area contributed by atoms with Crippen LogP contribution in [0.4, 0.5) is 11.6 Å². The van der Waals surface area contributed by atoms with Gasteiger partial charge in [-0.05, 0) is 24.3 Å². The molecule has 1 heterocycles. The second kappa shape index (κ2) is 5.00. The molecule has 2 aromatic rings. The fourth-order valence-corrected chi connectivity index (χ4v) is 1.63. The van der Waals surface area contributed by atoms with Gasteiger partial charge in [0.2, 0.25) is 5.95 Å². The lowest BCUT2D eigenvalue weighted by Crippen LogP contribution is -1.97. The van der Waals surface area contributed by atoms with Gasteiger partial charge in [-0.15, -0.1) is 0 Å². The van der Waals surface area contributed by atoms with Gasteiger partial charge in [-0.25, -0.2) is 9.97 Å². The van der Waals surface area contributed by atoms with Crippen LogP contribution in [0.15, 0.2) is 30.3 Å². The standard InChI is InChI=1S/C11H6Cl2N4/c12-9-5-10(13)17-11(16-9)15-8-3-1-7(6-14)2-4-8/h1-5H,(H,15,16,17). The number of anilines is 2. The van der Waals surface area contributed by atoms with E-state index in [-0.39, 0.29) is 10.3 Å². The van der Waals surface area contributed by atoms with E-state index in [1.165, 1.54) is 6.07 Å². The Hall–Kier alpha value is -1.83. The summed E-state index contributed by atoms with van der Waals surface area (Å²) >= 11 is 11.5. The summed E-state index contributed by atoms with van der Waals surface area (Å²) < 4.78 is 0. The van der Waals surface area contributed by atoms with Crippen LogP contribution in [0.5, 0.6) is 0 Å². The largest absolute Gasteiger partial charge is 0.324 e. The molecule has 0 amide bonds. The highest BCUT2D eigenvalue weighted by Gasteiger charge is 2.02. The van der Waals surface area contributed by atoms with Crippen LogP contribution in [0.3, 0.4) is 0 Å². The van der Waals surface area contributed by atoms with E-state index in [9.17, 15) is 0 Å². The Kier molecular flexibility index (Phi) is 3.43. The Labute approximate surface area is 108 Å². The number of hydrogen-bond donors (Lipinski definition) is 1. The molecule has 1 aromatic carbocycles. The predicted octanol–water partition coefficient (Wildman–Crippen LogP) is 3.40. The maximum Gasteiger partial charge on any atom is 0.230 e. The SMILES string of the molecule is N#Cc1ccc(Nc2nc(Cl)cc(Cl)n2)cc1. The van der Waals surface area contributed by atoms with Crippen LogP contribution in [0, 0.1) is 11.3 Å². The highest BCUT2D eigenvalue weighted by Crippen LogP contribution is 2.18. The van der Waals surface area contributed by atoms with Crippen molar-refractivity contribution in [2.24, 2.45) is 0 Å². The highest BCUT2D eigenvalue weighted by molar-refractivity contribution is 6.33. The van der Waals surface area contributed by atoms with Crippen molar-refractivity contribution in [3.8, 4) is 6.07 Å². The van der Waals surface area contributed by atoms with Gasteiger partial charge in [0.15, 0.2) is 0 Å². The van der Waals surface area contributed by atoms with Gasteiger partial charge in [-0.3, -0.25) is 0 Å². The van der Waals surface area contributed by atoms with E-state index in [0.717, 1.165) is 5.69 Å². The molecule has 2 rings (SSSR count). The summed E-state index contributed by atoms with van der Waals surface area (Å²) in [7, 11) is 0. The average molecular weight is 265 g/mol. The van der Waals surface area contributed by atoms with Gasteiger partial charge in [0.1, 0.15) is 10.3 Å². The van der Waals surface area contributed by atoms with Crippen molar-refractivity contribution in [1.82, 2.24) is 9.97 Å². The van der Waals surface area contributed by atoms with E-state index in [0.29, 0.717) is 11.5 Å². The van der Waals surface area contributed by atoms with Crippen LogP contribution in [-0.4, -0.2) is 9.97 Å². The molecule has 0 radical (unpaired) electrons. The molecule has 4 nitrogen and oxygen atoms in total. The topological polar surface area (TPSA) is 61.6 Å². The monoisotopic (exact) mass is 264 g/mol. The van der Waals surface area contributed by atoms with Crippen LogP contribution in [-0.2, 0) is 0 Å². The molecule has 0 unspecified atom stereocenters. The second-order valence-corrected chi connectivity index (χ2v) is 3.93. The quantitative estimate of drug-likeness (QED) is 0.845. The first-order chi connectivity index (χ1) is 8.17. The van der Waals surface area contributed by atoms with Gasteiger partial charge in [-0.1, -0.05) is 23.2 Å². The first kappa shape index (κ1) is 11.6. The fourth-order valence-electron chi connectivity index (χ4n) is 1.20. The molecule has 0 fully saturated rings. The van der Waals surface area contributed by atoms with Gasteiger partial charge in [0.05, 0.1) is 11.6 Å². The van der Waals surface area contributed by atoms with Crippen molar-refractivity contribution in [1.29, 1.82) is 5.26 Å². The molecule has 0 spiro atoms. The third kappa shape index (κ3) is 3.06. The molecule has 0 aliphatic rings. The molecular formula is C11H6Cl2N4. The summed E-state index contributed by atoms with van der Waals surface area (Å²) in [5.41, 5.74) is 1.34. The number of nitriles is 1. The molecule has 0 saturated carbocycles. The van der Waals surface area contributed by atoms with Crippen LogP contribution < -0.4 is 5.32 Å². The molecule has 1 N–H and O–H groups in total. The number of nitrogens with zero attached hydrogens (tertiary/aromatic N) is 3. The predicted molar refractivity (Wildman–Crippen MR) is 66.5 cm³/mol. The molecule has 6 heteroatoms. The molecule has 84 valence electrons. The first-order valence-electron chi connectivity index (χ1n) is 4.64. The van der Waals surface area contributed by atoms with Crippen molar-refractivity contribution in [3.05, 3.63) is 46.2 Å². The number of rotatable bonds is 2. The number of benzene rings is 1. The molecule has 0 bridgehead atoms. The lowest BCUT2D eigenvalue weighted by atomic mass is 10.2. The van der Waals surface area contributed by atoms with Crippen molar-refractivity contribution < 1.29 is 0 Å². The third-order valence-corrected chi connectivity index (χ3v) is 2.32. The fraction of sp³-hybridized carbons (Fsp3) is 0. The van der Waals surface area contributed by atoms with E-state index in [4.69, 9.17) is 28.5 Å². The Morgan fingerprint density at radius 3 is 2.18 bits per heavy atom. The van der Waals surface area contributed by atoms with E-state index >= 15 is 0 Å². The van der Waals surface area contributed by atoms with Crippen LogP contribution in [0.1, 0.15) is 5.56 Å². The minimum atomic E-state index is 0.265. The average Bonchev–Trinajstić information content (AvgIpc) is 2.28. The van der Waals surface area contributed by atoms with Crippen molar-refractivity contribution >= 4 is 34.8 Å². The lowest BCUT2D eigenvalue weighted by molar-refractivity contribution is 1.17. The summed E-state index contributed by atoms with van der Waals surface area (Å²) in [6, 6.07) is 10.4. The molecule has 0 atom stereocenters. The van der Waals surface area contributed by atoms with Gasteiger partial charge in [0.25, 0.3) is 0 Å². The maximum atomic E-state index is 8.66. The zero-order valence-electron chi connectivity index (χ0n) is 8.48. The molecule has 17 heavy (non-hydrogen) atoms. The van der Waals surface area contributed by atoms with E-state index in [2.05, 4.69) is 15.3 Å². The molecule has 1 aromatic heterocycles. The normalized spacial score (nSPS) is 9.71. The first-order valence-corrected chi connectivity index (χ1v) is 5.40. The summed E-state index contributed by atoms with van der Waals surface area (Å²) in [5.74, 6) is 0.312. The summed E-state index contributed by atoms with van der Waals surface area (Å²) in [5, 5.41) is 12.1. The third-order valence-electron chi connectivity index (χ3n) is 1.93. The van der Waals surface area contributed by atoms with E-state index < -0.39 is 0 Å². The van der Waals surface area contributed by atoms with Crippen molar-refractivity contribution in [2.75, 3.05) is 5.32 Å². The van der Waals surface area contributed by atoms with Gasteiger partial charge in [0, 0.05) is 11.8 Å². The molecule has 0 aliphatic carbocycles. The van der Waals surface area contributed by atoms with Crippen LogP contribution in [0.25, 0.3) is 0 Å². The maximum absolute atomic E-state index is 8.66. The molecule has 0 saturated heterocycles. The number of hydrogen-bond acceptors (Lipinski definition) is 4. The summed E-state index contributed by atoms with van der Waals surface area (Å²) in [6.45, 7) is 0. The Morgan fingerprint density at radius 1 is 1.06 bits per heavy atom. The van der Waals surface area contributed by atoms with E-state index in [1.807, 2.05) is 6.07 Å². The molecular weight excluding hydrogens is 259 g/mol. The minimum Gasteiger partial charge on any atom is -0.324 e. The number of aromatic nitrogens is 2. The van der Waals surface area contributed by atoms with Gasteiger partial charge < -0.3 is 5.32 Å². The van der Waals surface area contributed by atoms with E-state index in [1.54, 1.807) is 24.3 Å². The Morgan fingerprint density at radius 2 is 1.65 bits per heavy atom. The minimum absolute atomic E-state index is 0.265. The van der Waals surface area contributed by atoms with Gasteiger partial charge in [-0.2, -0.15) is 5.26 Å². The Bertz CT molecular complexity index is 555. The highest BCUT2D eigenvalue weighted by atomic mass is 35.5. The zero-order valence-corrected chi connectivity index (χ0v) is 10.00. The smallest absolute Gasteiger partial charge is 0.230 e. The summed E-state index contributed by atoms with van der Waals surface area (Å²) in [6.07, 6.45) is 0. The second-order valence-electron chi connectivity index (χ2n) is 3.15. The van der Waals surface area contributed by atoms with Crippen molar-refractivity contribution in [2.45, 2.75) is 0 Å². The molecule has 0 aliphatic heterocycles. The van der Waals surface area contributed by atoms with Gasteiger partial charge >= 0.3 is 0 Å². The lowest BCUT2D eigenvalue weighted by Gasteiger charge is -2.04. The summed E-state index contributed by atoms with van der Waals surface area (Å²) in [4.78, 5) is 7.93. The number of halogens is 2. The van der Waals surface area contributed by atoms with Crippen LogP contribution in [0.2, 0.25) is 10.3 Å². The Balaban J connectivity index is 2.22.